The van der Waals surface area contributed by atoms with Gasteiger partial charge in [-0.1, -0.05) is 0 Å². The summed E-state index contributed by atoms with van der Waals surface area (Å²) < 4.78 is 16.1. The number of Topliss-reactive ketones (excluding diaryl/α,β-unsaturated/α-hetero) is 1. The lowest BCUT2D eigenvalue weighted by atomic mass is 10.3. The summed E-state index contributed by atoms with van der Waals surface area (Å²) in [6.45, 7) is 0.778. The van der Waals surface area contributed by atoms with E-state index in [1.54, 1.807) is 0 Å². The van der Waals surface area contributed by atoms with Crippen molar-refractivity contribution in [2.24, 2.45) is 0 Å². The van der Waals surface area contributed by atoms with Gasteiger partial charge in [0, 0.05) is 19.4 Å². The molecule has 3 rings (SSSR count). The summed E-state index contributed by atoms with van der Waals surface area (Å²) in [6, 6.07) is 0. The van der Waals surface area contributed by atoms with Gasteiger partial charge in [0.15, 0.2) is 12.1 Å². The molecule has 3 fully saturated rings. The fourth-order valence-electron chi connectivity index (χ4n) is 2.07. The third-order valence-electron chi connectivity index (χ3n) is 2.83. The average Bonchev–Trinajstić information content (AvgIpc) is 2.66. The summed E-state index contributed by atoms with van der Waals surface area (Å²) in [5, 5.41) is 0. The second kappa shape index (κ2) is 2.77. The van der Waals surface area contributed by atoms with Crippen molar-refractivity contribution in [1.29, 1.82) is 0 Å². The van der Waals surface area contributed by atoms with Gasteiger partial charge in [0.25, 0.3) is 0 Å². The summed E-state index contributed by atoms with van der Waals surface area (Å²) >= 11 is 0. The Morgan fingerprint density at radius 3 is 2.92 bits per heavy atom. The van der Waals surface area contributed by atoms with Crippen LogP contribution in [-0.4, -0.2) is 37.0 Å². The Morgan fingerprint density at radius 2 is 2.38 bits per heavy atom. The number of carbonyl (C=O) groups excluding carboxylic acids is 1. The van der Waals surface area contributed by atoms with Crippen LogP contribution in [0.25, 0.3) is 0 Å². The summed E-state index contributed by atoms with van der Waals surface area (Å²) in [7, 11) is 0. The third-order valence-corrected chi connectivity index (χ3v) is 2.83. The first kappa shape index (κ1) is 7.91. The minimum Gasteiger partial charge on any atom is -0.358 e. The number of rotatable bonds is 2. The van der Waals surface area contributed by atoms with Crippen LogP contribution in [0, 0.1) is 0 Å². The van der Waals surface area contributed by atoms with Gasteiger partial charge in [-0.2, -0.15) is 0 Å². The molecule has 0 bridgehead atoms. The first-order chi connectivity index (χ1) is 6.34. The molecule has 3 aliphatic rings. The Labute approximate surface area is 76.1 Å². The highest BCUT2D eigenvalue weighted by atomic mass is 16.7. The highest BCUT2D eigenvalue weighted by Gasteiger charge is 2.57. The van der Waals surface area contributed by atoms with Gasteiger partial charge >= 0.3 is 0 Å². The van der Waals surface area contributed by atoms with E-state index in [1.807, 2.05) is 0 Å². The minimum atomic E-state index is -0.147. The highest BCUT2D eigenvalue weighted by molar-refractivity contribution is 5.89. The van der Waals surface area contributed by atoms with Gasteiger partial charge < -0.3 is 14.2 Å². The molecular formula is C9H12O4. The molecule has 13 heavy (non-hydrogen) atoms. The van der Waals surface area contributed by atoms with Crippen molar-refractivity contribution in [3.63, 3.8) is 0 Å². The van der Waals surface area contributed by atoms with Gasteiger partial charge in [0.1, 0.15) is 12.2 Å². The van der Waals surface area contributed by atoms with Gasteiger partial charge in [0.2, 0.25) is 0 Å². The van der Waals surface area contributed by atoms with Gasteiger partial charge in [-0.05, 0) is 6.42 Å². The number of ether oxygens (including phenoxy) is 3. The van der Waals surface area contributed by atoms with Crippen LogP contribution in [0.1, 0.15) is 19.3 Å². The van der Waals surface area contributed by atoms with E-state index in [1.165, 1.54) is 0 Å². The molecule has 72 valence electrons. The van der Waals surface area contributed by atoms with Gasteiger partial charge in [0.05, 0.1) is 6.10 Å². The maximum Gasteiger partial charge on any atom is 0.167 e. The average molecular weight is 184 g/mol. The second-order valence-corrected chi connectivity index (χ2v) is 3.81. The van der Waals surface area contributed by atoms with E-state index in [9.17, 15) is 4.79 Å². The molecular weight excluding hydrogens is 172 g/mol. The normalized spacial score (nSPS) is 48.2. The molecule has 1 aliphatic carbocycles. The van der Waals surface area contributed by atoms with Gasteiger partial charge in [-0.15, -0.1) is 0 Å². The van der Waals surface area contributed by atoms with Crippen LogP contribution in [0.5, 0.6) is 0 Å². The van der Waals surface area contributed by atoms with E-state index < -0.39 is 0 Å². The molecule has 0 aromatic heterocycles. The van der Waals surface area contributed by atoms with Crippen LogP contribution in [0.4, 0.5) is 0 Å². The lowest BCUT2D eigenvalue weighted by molar-refractivity contribution is -0.153. The highest BCUT2D eigenvalue weighted by Crippen LogP contribution is 2.38. The Bertz CT molecular complexity index is 234. The largest absolute Gasteiger partial charge is 0.358 e. The summed E-state index contributed by atoms with van der Waals surface area (Å²) in [5.74, 6) is 0.188. The topological polar surface area (TPSA) is 48.1 Å². The Morgan fingerprint density at radius 1 is 1.46 bits per heavy atom. The number of hydrogen-bond acceptors (Lipinski definition) is 4. The van der Waals surface area contributed by atoms with E-state index in [2.05, 4.69) is 0 Å². The second-order valence-electron chi connectivity index (χ2n) is 3.81. The van der Waals surface area contributed by atoms with Crippen LogP contribution < -0.4 is 0 Å². The molecule has 0 N–H and O–H groups in total. The van der Waals surface area contributed by atoms with Gasteiger partial charge in [-0.3, -0.25) is 4.79 Å². The van der Waals surface area contributed by atoms with Gasteiger partial charge in [-0.25, -0.2) is 0 Å². The zero-order valence-electron chi connectivity index (χ0n) is 7.27. The molecule has 4 unspecified atom stereocenters. The summed E-state index contributed by atoms with van der Waals surface area (Å²) in [5.41, 5.74) is 0. The Kier molecular flexibility index (Phi) is 1.68. The molecule has 0 radical (unpaired) electrons. The first-order valence-corrected chi connectivity index (χ1v) is 4.80. The zero-order chi connectivity index (χ0) is 8.84. The van der Waals surface area contributed by atoms with Crippen molar-refractivity contribution in [3.05, 3.63) is 0 Å². The molecule has 2 aliphatic heterocycles. The monoisotopic (exact) mass is 184 g/mol. The predicted molar refractivity (Wildman–Crippen MR) is 42.1 cm³/mol. The van der Waals surface area contributed by atoms with Crippen LogP contribution in [-0.2, 0) is 19.0 Å². The number of epoxide rings is 1. The van der Waals surface area contributed by atoms with Crippen molar-refractivity contribution in [2.75, 3.05) is 6.61 Å². The first-order valence-electron chi connectivity index (χ1n) is 4.80. The molecule has 4 heteroatoms. The van der Waals surface area contributed by atoms with E-state index in [-0.39, 0.29) is 30.4 Å². The maximum absolute atomic E-state index is 11.2. The molecule has 1 saturated carbocycles. The lowest BCUT2D eigenvalue weighted by Gasteiger charge is -2.16. The fourth-order valence-corrected chi connectivity index (χ4v) is 2.07. The molecule has 0 amide bonds. The van der Waals surface area contributed by atoms with Crippen molar-refractivity contribution in [1.82, 2.24) is 0 Å². The number of ketones is 1. The number of hydrogen-bond donors (Lipinski definition) is 0. The van der Waals surface area contributed by atoms with Crippen molar-refractivity contribution in [3.8, 4) is 0 Å². The van der Waals surface area contributed by atoms with Crippen molar-refractivity contribution < 1.29 is 19.0 Å². The van der Waals surface area contributed by atoms with E-state index in [0.717, 1.165) is 19.4 Å². The molecule has 0 aromatic carbocycles. The standard InChI is InChI=1S/C9H12O4/c10-5-4-6(9-8(5)13-9)12-7-2-1-3-11-7/h6-9H,1-4H2. The van der Waals surface area contributed by atoms with Crippen LogP contribution >= 0.6 is 0 Å². The van der Waals surface area contributed by atoms with Crippen LogP contribution in [0.2, 0.25) is 0 Å². The molecule has 2 heterocycles. The molecule has 4 nitrogen and oxygen atoms in total. The molecule has 0 spiro atoms. The summed E-state index contributed by atoms with van der Waals surface area (Å²) in [6.07, 6.45) is 2.27. The van der Waals surface area contributed by atoms with E-state index in [4.69, 9.17) is 14.2 Å². The van der Waals surface area contributed by atoms with E-state index in [0.29, 0.717) is 6.42 Å². The molecule has 4 atom stereocenters. The molecule has 0 aromatic rings. The SMILES string of the molecule is O=C1CC(OC2CCCO2)C2OC12. The Hall–Kier alpha value is -0.450. The van der Waals surface area contributed by atoms with Crippen molar-refractivity contribution in [2.45, 2.75) is 43.9 Å². The lowest BCUT2D eigenvalue weighted by Crippen LogP contribution is -2.24. The minimum absolute atomic E-state index is 0.0386. The number of fused-ring (bicyclic) bond motifs is 1. The predicted octanol–water partition coefficient (Wildman–Crippen LogP) is 0.248. The summed E-state index contributed by atoms with van der Waals surface area (Å²) in [4.78, 5) is 11.2. The Balaban J connectivity index is 1.58. The quantitative estimate of drug-likeness (QED) is 0.577. The van der Waals surface area contributed by atoms with Crippen LogP contribution in [0.3, 0.4) is 0 Å². The van der Waals surface area contributed by atoms with Crippen molar-refractivity contribution >= 4 is 5.78 Å². The smallest absolute Gasteiger partial charge is 0.167 e. The van der Waals surface area contributed by atoms with Crippen LogP contribution in [0.15, 0.2) is 0 Å². The molecule has 2 saturated heterocycles. The third kappa shape index (κ3) is 1.29. The number of carbonyl (C=O) groups is 1. The van der Waals surface area contributed by atoms with E-state index >= 15 is 0 Å². The zero-order valence-corrected chi connectivity index (χ0v) is 7.27. The maximum atomic E-state index is 11.2. The fraction of sp³-hybridized carbons (Fsp3) is 0.889.